The van der Waals surface area contributed by atoms with Gasteiger partial charge in [-0.15, -0.1) is 0 Å². The number of ether oxygens (including phenoxy) is 1. The van der Waals surface area contributed by atoms with E-state index in [1.807, 2.05) is 6.92 Å². The first kappa shape index (κ1) is 23.7. The van der Waals surface area contributed by atoms with Crippen LogP contribution in [0.2, 0.25) is 5.02 Å². The van der Waals surface area contributed by atoms with Gasteiger partial charge < -0.3 is 15.4 Å². The highest BCUT2D eigenvalue weighted by Gasteiger charge is 2.18. The number of carbonyl (C=O) groups excluding carboxylic acids is 2. The largest absolute Gasteiger partial charge is 0.496 e. The summed E-state index contributed by atoms with van der Waals surface area (Å²) in [6.07, 6.45) is 1.63. The fourth-order valence-electron chi connectivity index (χ4n) is 2.57. The molecule has 30 heavy (non-hydrogen) atoms. The minimum atomic E-state index is -3.60. The number of rotatable bonds is 9. The van der Waals surface area contributed by atoms with Crippen molar-refractivity contribution in [3.05, 3.63) is 47.0 Å². The molecule has 3 N–H and O–H groups in total. The van der Waals surface area contributed by atoms with Crippen LogP contribution in [0.5, 0.6) is 5.75 Å². The number of amides is 2. The van der Waals surface area contributed by atoms with E-state index in [0.29, 0.717) is 17.9 Å². The lowest BCUT2D eigenvalue weighted by molar-refractivity contribution is -0.114. The Morgan fingerprint density at radius 1 is 1.10 bits per heavy atom. The summed E-state index contributed by atoms with van der Waals surface area (Å²) >= 11 is 6.15. The number of hydrogen-bond donors (Lipinski definition) is 3. The van der Waals surface area contributed by atoms with E-state index < -0.39 is 15.9 Å². The molecule has 0 aliphatic rings. The van der Waals surface area contributed by atoms with Gasteiger partial charge in [0.1, 0.15) is 5.75 Å². The standard InChI is InChI=1S/C20H24ClN3O5S/c1-4-5-10-22-30(27,28)15-8-6-14(7-9-15)24-20(26)16-11-17(21)18(23-13(2)25)12-19(16)29-3/h6-9,11-12,22H,4-5,10H2,1-3H3,(H,23,25)(H,24,26). The molecule has 0 aromatic heterocycles. The van der Waals surface area contributed by atoms with E-state index >= 15 is 0 Å². The number of sulfonamides is 1. The smallest absolute Gasteiger partial charge is 0.259 e. The van der Waals surface area contributed by atoms with Gasteiger partial charge in [-0.05, 0) is 36.8 Å². The summed E-state index contributed by atoms with van der Waals surface area (Å²) < 4.78 is 32.2. The molecule has 0 saturated carbocycles. The van der Waals surface area contributed by atoms with Gasteiger partial charge in [-0.2, -0.15) is 0 Å². The highest BCUT2D eigenvalue weighted by Crippen LogP contribution is 2.31. The van der Waals surface area contributed by atoms with Crippen LogP contribution in [0.1, 0.15) is 37.0 Å². The first-order valence-corrected chi connectivity index (χ1v) is 11.1. The van der Waals surface area contributed by atoms with Gasteiger partial charge in [0.25, 0.3) is 5.91 Å². The first-order chi connectivity index (χ1) is 14.2. The van der Waals surface area contributed by atoms with Gasteiger partial charge in [0.15, 0.2) is 0 Å². The molecule has 10 heteroatoms. The topological polar surface area (TPSA) is 114 Å². The average Bonchev–Trinajstić information content (AvgIpc) is 2.69. The van der Waals surface area contributed by atoms with Gasteiger partial charge in [0.2, 0.25) is 15.9 Å². The van der Waals surface area contributed by atoms with Crippen LogP contribution in [-0.2, 0) is 14.8 Å². The van der Waals surface area contributed by atoms with Gasteiger partial charge in [-0.1, -0.05) is 24.9 Å². The Kier molecular flexibility index (Phi) is 8.22. The molecule has 0 saturated heterocycles. The number of benzene rings is 2. The van der Waals surface area contributed by atoms with Crippen LogP contribution < -0.4 is 20.1 Å². The lowest BCUT2D eigenvalue weighted by Crippen LogP contribution is -2.24. The highest BCUT2D eigenvalue weighted by molar-refractivity contribution is 7.89. The van der Waals surface area contributed by atoms with Crippen molar-refractivity contribution >= 4 is 44.8 Å². The molecule has 0 aliphatic heterocycles. The summed E-state index contributed by atoms with van der Waals surface area (Å²) in [5.74, 6) is -0.588. The van der Waals surface area contributed by atoms with E-state index in [4.69, 9.17) is 16.3 Å². The molecule has 2 rings (SSSR count). The maximum Gasteiger partial charge on any atom is 0.259 e. The van der Waals surface area contributed by atoms with Crippen molar-refractivity contribution in [2.45, 2.75) is 31.6 Å². The minimum Gasteiger partial charge on any atom is -0.496 e. The number of methoxy groups -OCH3 is 1. The van der Waals surface area contributed by atoms with Crippen LogP contribution in [0.4, 0.5) is 11.4 Å². The summed E-state index contributed by atoms with van der Waals surface area (Å²) in [5.41, 5.74) is 0.883. The summed E-state index contributed by atoms with van der Waals surface area (Å²) in [6.45, 7) is 3.68. The van der Waals surface area contributed by atoms with Gasteiger partial charge in [-0.25, -0.2) is 13.1 Å². The van der Waals surface area contributed by atoms with E-state index in [-0.39, 0.29) is 27.1 Å². The number of unbranched alkanes of at least 4 members (excludes halogenated alkanes) is 1. The lowest BCUT2D eigenvalue weighted by atomic mass is 10.1. The molecule has 0 radical (unpaired) electrons. The third-order valence-corrected chi connectivity index (χ3v) is 5.88. The van der Waals surface area contributed by atoms with Crippen LogP contribution in [0.15, 0.2) is 41.3 Å². The number of halogens is 1. The third-order valence-electron chi connectivity index (χ3n) is 4.09. The molecule has 8 nitrogen and oxygen atoms in total. The molecule has 0 unspecified atom stereocenters. The molecule has 0 aliphatic carbocycles. The number of carbonyl (C=O) groups is 2. The van der Waals surface area contributed by atoms with E-state index in [2.05, 4.69) is 15.4 Å². The quantitative estimate of drug-likeness (QED) is 0.501. The van der Waals surface area contributed by atoms with Crippen LogP contribution in [0.3, 0.4) is 0 Å². The van der Waals surface area contributed by atoms with E-state index in [0.717, 1.165) is 12.8 Å². The van der Waals surface area contributed by atoms with E-state index in [1.54, 1.807) is 0 Å². The van der Waals surface area contributed by atoms with E-state index in [1.165, 1.54) is 50.4 Å². The van der Waals surface area contributed by atoms with Crippen LogP contribution in [0.25, 0.3) is 0 Å². The second-order valence-corrected chi connectivity index (χ2v) is 8.62. The number of nitrogens with one attached hydrogen (secondary N) is 3. The molecule has 2 aromatic rings. The molecule has 0 spiro atoms. The second-order valence-electron chi connectivity index (χ2n) is 6.44. The molecule has 2 amide bonds. The normalized spacial score (nSPS) is 11.1. The summed E-state index contributed by atoms with van der Waals surface area (Å²) in [5, 5.41) is 5.40. The van der Waals surface area contributed by atoms with Crippen molar-refractivity contribution in [3.8, 4) is 5.75 Å². The van der Waals surface area contributed by atoms with Crippen molar-refractivity contribution in [1.29, 1.82) is 0 Å². The van der Waals surface area contributed by atoms with Crippen molar-refractivity contribution < 1.29 is 22.7 Å². The Bertz CT molecular complexity index is 1020. The maximum absolute atomic E-state index is 12.7. The SMILES string of the molecule is CCCCNS(=O)(=O)c1ccc(NC(=O)c2cc(Cl)c(NC(C)=O)cc2OC)cc1. The monoisotopic (exact) mass is 453 g/mol. The fraction of sp³-hybridized carbons (Fsp3) is 0.300. The molecule has 0 atom stereocenters. The molecular formula is C20H24ClN3O5S. The molecule has 0 bridgehead atoms. The van der Waals surface area contributed by atoms with Crippen molar-refractivity contribution in [1.82, 2.24) is 4.72 Å². The van der Waals surface area contributed by atoms with Crippen LogP contribution in [0, 0.1) is 0 Å². The Morgan fingerprint density at radius 2 is 1.77 bits per heavy atom. The van der Waals surface area contributed by atoms with Crippen LogP contribution >= 0.6 is 11.6 Å². The summed E-state index contributed by atoms with van der Waals surface area (Å²) in [6, 6.07) is 8.65. The third kappa shape index (κ3) is 6.19. The molecular weight excluding hydrogens is 430 g/mol. The zero-order chi connectivity index (χ0) is 22.3. The summed E-state index contributed by atoms with van der Waals surface area (Å²) in [7, 11) is -2.20. The zero-order valence-corrected chi connectivity index (χ0v) is 18.5. The Labute approximate surface area is 181 Å². The van der Waals surface area contributed by atoms with Gasteiger partial charge in [0, 0.05) is 25.2 Å². The molecule has 2 aromatic carbocycles. The molecule has 162 valence electrons. The van der Waals surface area contributed by atoms with Crippen molar-refractivity contribution in [2.75, 3.05) is 24.3 Å². The lowest BCUT2D eigenvalue weighted by Gasteiger charge is -2.13. The Morgan fingerprint density at radius 3 is 2.33 bits per heavy atom. The molecule has 0 heterocycles. The number of anilines is 2. The van der Waals surface area contributed by atoms with Gasteiger partial charge >= 0.3 is 0 Å². The van der Waals surface area contributed by atoms with Crippen LogP contribution in [-0.4, -0.2) is 33.9 Å². The molecule has 0 fully saturated rings. The predicted octanol–water partition coefficient (Wildman–Crippen LogP) is 3.64. The highest BCUT2D eigenvalue weighted by atomic mass is 35.5. The van der Waals surface area contributed by atoms with E-state index in [9.17, 15) is 18.0 Å². The van der Waals surface area contributed by atoms with Crippen molar-refractivity contribution in [2.24, 2.45) is 0 Å². The van der Waals surface area contributed by atoms with Crippen molar-refractivity contribution in [3.63, 3.8) is 0 Å². The number of hydrogen-bond acceptors (Lipinski definition) is 5. The van der Waals surface area contributed by atoms with Gasteiger partial charge in [-0.3, -0.25) is 9.59 Å². The fourth-order valence-corrected chi connectivity index (χ4v) is 3.85. The zero-order valence-electron chi connectivity index (χ0n) is 16.9. The maximum atomic E-state index is 12.7. The minimum absolute atomic E-state index is 0.108. The predicted molar refractivity (Wildman–Crippen MR) is 117 cm³/mol. The summed E-state index contributed by atoms with van der Waals surface area (Å²) in [4.78, 5) is 24.0. The Hall–Kier alpha value is -2.62. The second kappa shape index (κ2) is 10.4. The first-order valence-electron chi connectivity index (χ1n) is 9.24. The average molecular weight is 454 g/mol. The van der Waals surface area contributed by atoms with Gasteiger partial charge in [0.05, 0.1) is 28.3 Å². The Balaban J connectivity index is 2.18.